The van der Waals surface area contributed by atoms with Crippen LogP contribution in [0.2, 0.25) is 0 Å². The molecule has 0 spiro atoms. The first-order valence-corrected chi connectivity index (χ1v) is 21.9. The third-order valence-corrected chi connectivity index (χ3v) is 6.78. The van der Waals surface area contributed by atoms with E-state index in [9.17, 15) is 0 Å². The molecular formula is C37H26Cl3N10OPdPt-. The number of aliphatic imine (C=N–C) groups is 4. The van der Waals surface area contributed by atoms with Crippen LogP contribution in [0.3, 0.4) is 0 Å². The van der Waals surface area contributed by atoms with E-state index in [1.54, 1.807) is 43.6 Å². The maximum Gasteiger partial charge on any atom is 0.164 e. The van der Waals surface area contributed by atoms with Crippen molar-refractivity contribution in [2.45, 2.75) is 0 Å². The van der Waals surface area contributed by atoms with Crippen LogP contribution in [-0.4, -0.2) is 50.0 Å². The fourth-order valence-corrected chi connectivity index (χ4v) is 4.70. The van der Waals surface area contributed by atoms with E-state index >= 15 is 0 Å². The van der Waals surface area contributed by atoms with Crippen molar-refractivity contribution in [2.24, 2.45) is 20.0 Å². The van der Waals surface area contributed by atoms with Crippen LogP contribution in [0.15, 0.2) is 166 Å². The van der Waals surface area contributed by atoms with Gasteiger partial charge < -0.3 is 25.4 Å². The first kappa shape index (κ1) is 39.4. The Morgan fingerprint density at radius 3 is 1.43 bits per heavy atom. The Labute approximate surface area is 339 Å². The molecule has 2 aliphatic heterocycles. The third-order valence-electron chi connectivity index (χ3n) is 6.78. The Kier molecular flexibility index (Phi) is 17.1. The normalized spacial score (nSPS) is 14.2. The largest absolute Gasteiger partial charge is 0.357 e. The summed E-state index contributed by atoms with van der Waals surface area (Å²) < 4.78 is 5.40. The van der Waals surface area contributed by atoms with Gasteiger partial charge in [0.05, 0.1) is 11.6 Å². The van der Waals surface area contributed by atoms with Crippen LogP contribution in [0.4, 0.5) is 23.3 Å². The van der Waals surface area contributed by atoms with Crippen molar-refractivity contribution in [1.82, 2.24) is 19.9 Å². The van der Waals surface area contributed by atoms with Gasteiger partial charge in [-0.25, -0.2) is 20.0 Å². The molecule has 8 rings (SSSR count). The minimum atomic E-state index is -0.106. The van der Waals surface area contributed by atoms with Gasteiger partial charge in [0.1, 0.15) is 11.7 Å². The van der Waals surface area contributed by atoms with Gasteiger partial charge in [0, 0.05) is 47.6 Å². The van der Waals surface area contributed by atoms with Gasteiger partial charge in [-0.3, -0.25) is 16.7 Å². The minimum Gasteiger partial charge on any atom is -0.357 e. The molecule has 0 fully saturated rings. The number of amidine groups is 4. The number of hydrogen-bond donors (Lipinski definition) is 1. The SMILES string of the molecule is [2H][C-]=O.[Cl][Pd][Cl].[Cl][Pt+].c1ccc(N=C2N=C(Nc3ccccn3)c3ccccc32)nc1.c1ccc(N=C2[N-]C(=Nc3ccccn3)c3ccccc32)nc1. The number of pyridine rings is 4. The molecule has 0 bridgehead atoms. The van der Waals surface area contributed by atoms with Crippen LogP contribution in [0.5, 0.6) is 0 Å². The molecule has 0 aliphatic carbocycles. The van der Waals surface area contributed by atoms with Crippen molar-refractivity contribution >= 4 is 81.9 Å². The maximum atomic E-state index is 8.35. The fourth-order valence-electron chi connectivity index (χ4n) is 4.70. The van der Waals surface area contributed by atoms with Crippen molar-refractivity contribution in [3.63, 3.8) is 0 Å². The molecule has 0 saturated heterocycles. The number of anilines is 1. The van der Waals surface area contributed by atoms with Crippen LogP contribution in [0.1, 0.15) is 23.6 Å². The molecule has 53 heavy (non-hydrogen) atoms. The van der Waals surface area contributed by atoms with E-state index in [1.807, 2.05) is 121 Å². The zero-order valence-electron chi connectivity index (χ0n) is 28.1. The molecule has 1 N–H and O–H groups in total. The number of benzene rings is 2. The second-order valence-electron chi connectivity index (χ2n) is 9.92. The number of halogens is 3. The van der Waals surface area contributed by atoms with Gasteiger partial charge in [-0.15, -0.1) is 0 Å². The average molecular weight is 1040 g/mol. The van der Waals surface area contributed by atoms with E-state index in [0.29, 0.717) is 35.0 Å². The summed E-state index contributed by atoms with van der Waals surface area (Å²) in [4.78, 5) is 43.5. The summed E-state index contributed by atoms with van der Waals surface area (Å²) in [6.45, 7) is 0.750. The first-order chi connectivity index (χ1) is 26.6. The molecule has 0 amide bonds. The molecule has 272 valence electrons. The van der Waals surface area contributed by atoms with Gasteiger partial charge in [-0.2, -0.15) is 1.37 Å². The maximum absolute atomic E-state index is 8.35. The average Bonchev–Trinajstić information content (AvgIpc) is 3.74. The van der Waals surface area contributed by atoms with Crippen LogP contribution in [-0.2, 0) is 39.5 Å². The second kappa shape index (κ2) is 23.0. The molecule has 4 aromatic heterocycles. The van der Waals surface area contributed by atoms with Crippen molar-refractivity contribution < 1.29 is 40.9 Å². The Morgan fingerprint density at radius 1 is 0.604 bits per heavy atom. The number of nitrogens with zero attached hydrogens (tertiary/aromatic N) is 9. The van der Waals surface area contributed by atoms with E-state index in [-0.39, 0.29) is 15.9 Å². The van der Waals surface area contributed by atoms with Crippen molar-refractivity contribution in [1.29, 1.82) is 0 Å². The molecular weight excluding hydrogens is 1010 g/mol. The summed E-state index contributed by atoms with van der Waals surface area (Å²) in [5, 5.41) is 7.82. The number of nitrogens with one attached hydrogen (secondary N) is 1. The molecule has 0 atom stereocenters. The summed E-state index contributed by atoms with van der Waals surface area (Å²) in [6, 6.07) is 38.4. The molecule has 0 saturated carbocycles. The second-order valence-corrected chi connectivity index (χ2v) is 12.3. The van der Waals surface area contributed by atoms with Crippen LogP contribution in [0.25, 0.3) is 5.32 Å². The number of rotatable bonds is 4. The summed E-state index contributed by atoms with van der Waals surface area (Å²) in [5.41, 5.74) is 3.89. The molecule has 0 unspecified atom stereocenters. The fraction of sp³-hybridized carbons (Fsp3) is 0. The molecule has 0 radical (unpaired) electrons. The molecule has 2 aliphatic rings. The Balaban J connectivity index is 0.000000202. The van der Waals surface area contributed by atoms with Gasteiger partial charge >= 0.3 is 63.2 Å². The number of aromatic nitrogens is 4. The van der Waals surface area contributed by atoms with E-state index in [1.165, 1.54) is 0 Å². The molecule has 2 aromatic carbocycles. The van der Waals surface area contributed by atoms with E-state index < -0.39 is 0 Å². The topological polar surface area (TPSA) is 144 Å². The van der Waals surface area contributed by atoms with Gasteiger partial charge in [-0.1, -0.05) is 72.8 Å². The van der Waals surface area contributed by atoms with Gasteiger partial charge in [-0.05, 0) is 59.7 Å². The van der Waals surface area contributed by atoms with Crippen LogP contribution >= 0.6 is 28.5 Å². The summed E-state index contributed by atoms with van der Waals surface area (Å²) in [5.74, 6) is 5.27. The van der Waals surface area contributed by atoms with Crippen molar-refractivity contribution in [2.75, 3.05) is 5.32 Å². The molecule has 6 aromatic rings. The van der Waals surface area contributed by atoms with Crippen LogP contribution in [0, 0.1) is 0 Å². The van der Waals surface area contributed by atoms with E-state index in [2.05, 4.69) is 60.0 Å². The summed E-state index contributed by atoms with van der Waals surface area (Å²) >= 11 is 1.51. The summed E-state index contributed by atoms with van der Waals surface area (Å²) in [7, 11) is 14.2. The third kappa shape index (κ3) is 12.1. The number of fused-ring (bicyclic) bond motifs is 2. The van der Waals surface area contributed by atoms with Gasteiger partial charge in [0.2, 0.25) is 0 Å². The molecule has 16 heteroatoms. The molecule has 11 nitrogen and oxygen atoms in total. The Morgan fingerprint density at radius 2 is 1.00 bits per heavy atom. The van der Waals surface area contributed by atoms with Crippen molar-refractivity contribution in [3.8, 4) is 0 Å². The van der Waals surface area contributed by atoms with E-state index in [4.69, 9.17) is 25.2 Å². The Bertz CT molecular complexity index is 2110. The van der Waals surface area contributed by atoms with Gasteiger partial charge in [0.15, 0.2) is 11.7 Å². The van der Waals surface area contributed by atoms with Crippen LogP contribution < -0.4 is 5.32 Å². The summed E-state index contributed by atoms with van der Waals surface area (Å²) in [6.07, 6.45) is 6.88. The first-order valence-electron chi connectivity index (χ1n) is 15.5. The smallest absolute Gasteiger partial charge is 0.164 e. The monoisotopic (exact) mass is 1030 g/mol. The Hall–Kier alpha value is -4.79. The standard InChI is InChI=1S/C18H13N5.C18H12N5.CHO.3ClH.Pd.Pt/c2*1-2-8-14-13(7-1)17(21-15-9-3-5-11-19-15)23-18(14)22-16-10-4-6-12-20-16;1-2;;;;;/h1-12H,(H,19,20,21,22,23);1-12H;1H;3*1H;;/q;2*-1;;;;2*+2/p-3/i;;1D;;;;;. The van der Waals surface area contributed by atoms with E-state index in [0.717, 1.165) is 40.7 Å². The zero-order valence-corrected chi connectivity index (χ0v) is 33.2. The number of carbonyl (C=O) groups excluding carboxylic acids is 1. The quantitative estimate of drug-likeness (QED) is 0.106. The molecule has 6 heterocycles. The minimum absolute atomic E-state index is 0.106. The predicted octanol–water partition coefficient (Wildman–Crippen LogP) is 9.24. The predicted molar refractivity (Wildman–Crippen MR) is 206 cm³/mol. The van der Waals surface area contributed by atoms with Crippen molar-refractivity contribution in [3.05, 3.63) is 174 Å². The number of hydrogen-bond acceptors (Lipinski definition) is 9. The zero-order chi connectivity index (χ0) is 38.4. The van der Waals surface area contributed by atoms with Gasteiger partial charge in [0.25, 0.3) is 0 Å².